The number of rotatable bonds is 6. The Hall–Kier alpha value is -1.64. The van der Waals surface area contributed by atoms with E-state index in [1.54, 1.807) is 36.4 Å². The van der Waals surface area contributed by atoms with E-state index in [9.17, 15) is 8.42 Å². The summed E-state index contributed by atoms with van der Waals surface area (Å²) < 4.78 is 32.5. The van der Waals surface area contributed by atoms with Crippen molar-refractivity contribution in [3.63, 3.8) is 0 Å². The first kappa shape index (κ1) is 15.7. The van der Waals surface area contributed by atoms with Crippen molar-refractivity contribution in [3.8, 4) is 5.75 Å². The van der Waals surface area contributed by atoms with Gasteiger partial charge in [0, 0.05) is 10.9 Å². The maximum atomic E-state index is 12.2. The standard InChI is InChI=1S/C13H14N2O3S3/c1-9-5-6-13(20-9)21(16,17)15-10-3-2-4-11(7-10)18-8-12(14)19/h2-7,15H,8H2,1H3,(H2,14,19). The van der Waals surface area contributed by atoms with Crippen LogP contribution in [0.3, 0.4) is 0 Å². The molecular weight excluding hydrogens is 328 g/mol. The van der Waals surface area contributed by atoms with E-state index in [1.807, 2.05) is 6.92 Å². The number of thiocarbonyl (C=S) groups is 1. The van der Waals surface area contributed by atoms with Crippen LogP contribution in [-0.4, -0.2) is 20.0 Å². The van der Waals surface area contributed by atoms with Crippen LogP contribution in [0.5, 0.6) is 5.75 Å². The van der Waals surface area contributed by atoms with E-state index in [0.717, 1.165) is 4.88 Å². The van der Waals surface area contributed by atoms with Gasteiger partial charge in [-0.25, -0.2) is 8.42 Å². The maximum Gasteiger partial charge on any atom is 0.271 e. The Morgan fingerprint density at radius 1 is 1.38 bits per heavy atom. The molecular formula is C13H14N2O3S3. The van der Waals surface area contributed by atoms with E-state index >= 15 is 0 Å². The zero-order valence-corrected chi connectivity index (χ0v) is 13.6. The monoisotopic (exact) mass is 342 g/mol. The highest BCUT2D eigenvalue weighted by atomic mass is 32.2. The van der Waals surface area contributed by atoms with Crippen molar-refractivity contribution in [2.75, 3.05) is 11.3 Å². The molecule has 0 unspecified atom stereocenters. The fraction of sp³-hybridized carbons (Fsp3) is 0.154. The fourth-order valence-electron chi connectivity index (χ4n) is 1.57. The van der Waals surface area contributed by atoms with Crippen LogP contribution in [0.15, 0.2) is 40.6 Å². The van der Waals surface area contributed by atoms with Crippen LogP contribution in [-0.2, 0) is 10.0 Å². The summed E-state index contributed by atoms with van der Waals surface area (Å²) in [5, 5.41) is 0. The Labute approximate surface area is 132 Å². The molecule has 0 radical (unpaired) electrons. The number of thiophene rings is 1. The number of sulfonamides is 1. The highest BCUT2D eigenvalue weighted by Crippen LogP contribution is 2.25. The van der Waals surface area contributed by atoms with Crippen molar-refractivity contribution >= 4 is 44.3 Å². The van der Waals surface area contributed by atoms with Crippen LogP contribution < -0.4 is 15.2 Å². The molecule has 2 rings (SSSR count). The molecule has 1 aromatic heterocycles. The van der Waals surface area contributed by atoms with Gasteiger partial charge in [0.05, 0.1) is 5.69 Å². The van der Waals surface area contributed by atoms with Crippen molar-refractivity contribution in [2.45, 2.75) is 11.1 Å². The number of ether oxygens (including phenoxy) is 1. The topological polar surface area (TPSA) is 81.4 Å². The fourth-order valence-corrected chi connectivity index (χ4v) is 3.96. The number of hydrogen-bond acceptors (Lipinski definition) is 5. The molecule has 0 spiro atoms. The van der Waals surface area contributed by atoms with Crippen molar-refractivity contribution in [3.05, 3.63) is 41.3 Å². The third-order valence-electron chi connectivity index (χ3n) is 2.45. The summed E-state index contributed by atoms with van der Waals surface area (Å²) in [6.45, 7) is 1.96. The lowest BCUT2D eigenvalue weighted by molar-refractivity contribution is 0.378. The van der Waals surface area contributed by atoms with E-state index < -0.39 is 10.0 Å². The minimum Gasteiger partial charge on any atom is -0.486 e. The second-order valence-corrected chi connectivity index (χ2v) is 7.97. The molecule has 1 heterocycles. The van der Waals surface area contributed by atoms with Crippen molar-refractivity contribution in [1.29, 1.82) is 0 Å². The SMILES string of the molecule is Cc1ccc(S(=O)(=O)Nc2cccc(OCC(N)=S)c2)s1. The number of nitrogens with one attached hydrogen (secondary N) is 1. The minimum absolute atomic E-state index is 0.107. The molecule has 0 fully saturated rings. The lowest BCUT2D eigenvalue weighted by atomic mass is 10.3. The summed E-state index contributed by atoms with van der Waals surface area (Å²) in [5.41, 5.74) is 5.77. The van der Waals surface area contributed by atoms with Crippen LogP contribution in [0, 0.1) is 6.92 Å². The summed E-state index contributed by atoms with van der Waals surface area (Å²) in [5.74, 6) is 0.491. The van der Waals surface area contributed by atoms with E-state index in [-0.39, 0.29) is 15.8 Å². The van der Waals surface area contributed by atoms with Crippen LogP contribution in [0.25, 0.3) is 0 Å². The van der Waals surface area contributed by atoms with E-state index in [1.165, 1.54) is 11.3 Å². The molecule has 2 aromatic rings. The quantitative estimate of drug-likeness (QED) is 0.789. The molecule has 5 nitrogen and oxygen atoms in total. The van der Waals surface area contributed by atoms with Gasteiger partial charge in [0.15, 0.2) is 0 Å². The van der Waals surface area contributed by atoms with Crippen LogP contribution in [0.4, 0.5) is 5.69 Å². The summed E-state index contributed by atoms with van der Waals surface area (Å²) >= 11 is 5.94. The summed E-state index contributed by atoms with van der Waals surface area (Å²) in [6.07, 6.45) is 0. The van der Waals surface area contributed by atoms with Gasteiger partial charge < -0.3 is 10.5 Å². The molecule has 0 saturated heterocycles. The minimum atomic E-state index is -3.58. The molecule has 112 valence electrons. The van der Waals surface area contributed by atoms with Crippen molar-refractivity contribution in [1.82, 2.24) is 0 Å². The van der Waals surface area contributed by atoms with E-state index in [0.29, 0.717) is 11.4 Å². The molecule has 8 heteroatoms. The number of nitrogens with two attached hydrogens (primary N) is 1. The van der Waals surface area contributed by atoms with Crippen LogP contribution in [0.1, 0.15) is 4.88 Å². The Balaban J connectivity index is 2.16. The molecule has 0 atom stereocenters. The number of hydrogen-bond donors (Lipinski definition) is 2. The summed E-state index contributed by atoms with van der Waals surface area (Å²) in [4.78, 5) is 1.17. The van der Waals surface area contributed by atoms with Crippen molar-refractivity contribution in [2.24, 2.45) is 5.73 Å². The average molecular weight is 342 g/mol. The Morgan fingerprint density at radius 2 is 2.14 bits per heavy atom. The normalized spacial score (nSPS) is 11.1. The first-order valence-electron chi connectivity index (χ1n) is 5.97. The lowest BCUT2D eigenvalue weighted by Crippen LogP contribution is -2.18. The first-order chi connectivity index (χ1) is 9.87. The molecule has 21 heavy (non-hydrogen) atoms. The molecule has 0 aliphatic heterocycles. The Morgan fingerprint density at radius 3 is 2.76 bits per heavy atom. The molecule has 0 bridgehead atoms. The van der Waals surface area contributed by atoms with Gasteiger partial charge in [-0.05, 0) is 31.2 Å². The average Bonchev–Trinajstić information content (AvgIpc) is 2.84. The zero-order valence-electron chi connectivity index (χ0n) is 11.2. The Bertz CT molecular complexity index is 754. The maximum absolute atomic E-state index is 12.2. The van der Waals surface area contributed by atoms with Gasteiger partial charge in [0.25, 0.3) is 10.0 Å². The highest BCUT2D eigenvalue weighted by Gasteiger charge is 2.16. The number of aryl methyl sites for hydroxylation is 1. The van der Waals surface area contributed by atoms with Gasteiger partial charge in [0.1, 0.15) is 21.6 Å². The molecule has 1 aromatic carbocycles. The highest BCUT2D eigenvalue weighted by molar-refractivity contribution is 7.94. The third kappa shape index (κ3) is 4.42. The predicted molar refractivity (Wildman–Crippen MR) is 88.6 cm³/mol. The summed E-state index contributed by atoms with van der Waals surface area (Å²) in [6, 6.07) is 9.95. The molecule has 0 saturated carbocycles. The van der Waals surface area contributed by atoms with Gasteiger partial charge >= 0.3 is 0 Å². The van der Waals surface area contributed by atoms with Gasteiger partial charge in [-0.15, -0.1) is 11.3 Å². The second-order valence-electron chi connectivity index (χ2n) is 4.25. The Kier molecular flexibility index (Phi) is 4.81. The first-order valence-corrected chi connectivity index (χ1v) is 8.68. The summed E-state index contributed by atoms with van der Waals surface area (Å²) in [7, 11) is -3.58. The predicted octanol–water partition coefficient (Wildman–Crippen LogP) is 2.52. The van der Waals surface area contributed by atoms with E-state index in [2.05, 4.69) is 4.72 Å². The smallest absolute Gasteiger partial charge is 0.271 e. The van der Waals surface area contributed by atoms with Crippen molar-refractivity contribution < 1.29 is 13.2 Å². The van der Waals surface area contributed by atoms with E-state index in [4.69, 9.17) is 22.7 Å². The number of benzene rings is 1. The lowest BCUT2D eigenvalue weighted by Gasteiger charge is -2.09. The van der Waals surface area contributed by atoms with Gasteiger partial charge in [-0.1, -0.05) is 18.3 Å². The molecule has 0 aliphatic rings. The molecule has 3 N–H and O–H groups in total. The third-order valence-corrected chi connectivity index (χ3v) is 5.44. The second kappa shape index (κ2) is 6.42. The largest absolute Gasteiger partial charge is 0.486 e. The van der Waals surface area contributed by atoms with Crippen LogP contribution >= 0.6 is 23.6 Å². The van der Waals surface area contributed by atoms with Gasteiger partial charge in [-0.2, -0.15) is 0 Å². The number of anilines is 1. The van der Waals surface area contributed by atoms with Gasteiger partial charge in [-0.3, -0.25) is 4.72 Å². The molecule has 0 amide bonds. The van der Waals surface area contributed by atoms with Crippen LogP contribution in [0.2, 0.25) is 0 Å². The van der Waals surface area contributed by atoms with Gasteiger partial charge in [0.2, 0.25) is 0 Å². The molecule has 0 aliphatic carbocycles. The zero-order chi connectivity index (χ0) is 15.5.